The van der Waals surface area contributed by atoms with E-state index in [1.54, 1.807) is 24.8 Å². The summed E-state index contributed by atoms with van der Waals surface area (Å²) in [5.41, 5.74) is 0.586. The quantitative estimate of drug-likeness (QED) is 0.571. The van der Waals surface area contributed by atoms with Gasteiger partial charge in [0.15, 0.2) is 5.75 Å². The molecule has 0 spiro atoms. The average Bonchev–Trinajstić information content (AvgIpc) is 3.01. The number of amidine groups is 1. The van der Waals surface area contributed by atoms with Crippen LogP contribution < -0.4 is 9.64 Å². The molecule has 0 saturated carbocycles. The summed E-state index contributed by atoms with van der Waals surface area (Å²) in [5, 5.41) is 8.94. The van der Waals surface area contributed by atoms with E-state index in [0.29, 0.717) is 30.9 Å². The maximum absolute atomic E-state index is 12.8. The molecule has 0 aromatic heterocycles. The Bertz CT molecular complexity index is 810. The number of hydrogen-bond acceptors (Lipinski definition) is 5. The van der Waals surface area contributed by atoms with Gasteiger partial charge in [0.05, 0.1) is 23.9 Å². The van der Waals surface area contributed by atoms with Crippen LogP contribution in [0.25, 0.3) is 0 Å². The Morgan fingerprint density at radius 3 is 2.81 bits per heavy atom. The van der Waals surface area contributed by atoms with E-state index in [1.807, 2.05) is 0 Å². The molecule has 0 amide bonds. The van der Waals surface area contributed by atoms with Gasteiger partial charge in [-0.25, -0.2) is 9.79 Å². The lowest BCUT2D eigenvalue weighted by Crippen LogP contribution is -2.26. The molecule has 1 fully saturated rings. The number of esters is 1. The first-order valence-corrected chi connectivity index (χ1v) is 8.23. The molecule has 1 heterocycles. The van der Waals surface area contributed by atoms with Crippen molar-refractivity contribution in [3.63, 3.8) is 0 Å². The van der Waals surface area contributed by atoms with Crippen molar-refractivity contribution in [3.8, 4) is 11.8 Å². The van der Waals surface area contributed by atoms with Crippen LogP contribution in [0, 0.1) is 11.3 Å². The summed E-state index contributed by atoms with van der Waals surface area (Å²) in [7, 11) is 0. The number of ether oxygens (including phenoxy) is 2. The lowest BCUT2D eigenvalue weighted by molar-refractivity contribution is -0.274. The van der Waals surface area contributed by atoms with Crippen molar-refractivity contribution in [3.05, 3.63) is 35.5 Å². The van der Waals surface area contributed by atoms with Crippen LogP contribution in [0.15, 0.2) is 35.0 Å². The summed E-state index contributed by atoms with van der Waals surface area (Å²) in [6.45, 7) is 3.95. The number of halogens is 3. The number of anilines is 1. The Balaban J connectivity index is 2.37. The molecular weight excluding hydrogens is 363 g/mol. The molecule has 0 aliphatic carbocycles. The number of alkyl halides is 3. The summed E-state index contributed by atoms with van der Waals surface area (Å²) in [5.74, 6) is -0.503. The minimum Gasteiger partial charge on any atom is -0.463 e. The predicted molar refractivity (Wildman–Crippen MR) is 92.2 cm³/mol. The van der Waals surface area contributed by atoms with Crippen molar-refractivity contribution in [2.75, 3.05) is 18.1 Å². The van der Waals surface area contributed by atoms with Crippen molar-refractivity contribution in [2.24, 2.45) is 4.99 Å². The van der Waals surface area contributed by atoms with Gasteiger partial charge in [-0.15, -0.1) is 13.2 Å². The zero-order chi connectivity index (χ0) is 20.0. The van der Waals surface area contributed by atoms with Crippen LogP contribution >= 0.6 is 0 Å². The van der Waals surface area contributed by atoms with E-state index in [4.69, 9.17) is 10.00 Å². The summed E-state index contributed by atoms with van der Waals surface area (Å²) < 4.78 is 47.2. The molecule has 27 heavy (non-hydrogen) atoms. The molecule has 1 aromatic rings. The maximum Gasteiger partial charge on any atom is 0.573 e. The zero-order valence-corrected chi connectivity index (χ0v) is 14.8. The predicted octanol–water partition coefficient (Wildman–Crippen LogP) is 3.92. The third kappa shape index (κ3) is 5.74. The van der Waals surface area contributed by atoms with Gasteiger partial charge in [-0.05, 0) is 32.4 Å². The largest absolute Gasteiger partial charge is 0.573 e. The Kier molecular flexibility index (Phi) is 6.45. The molecule has 1 aliphatic heterocycles. The Hall–Kier alpha value is -3.02. The second-order valence-electron chi connectivity index (χ2n) is 5.66. The van der Waals surface area contributed by atoms with Crippen molar-refractivity contribution in [2.45, 2.75) is 33.1 Å². The van der Waals surface area contributed by atoms with Crippen molar-refractivity contribution in [1.82, 2.24) is 0 Å². The first-order chi connectivity index (χ1) is 12.7. The van der Waals surface area contributed by atoms with Crippen molar-refractivity contribution in [1.29, 1.82) is 5.26 Å². The standard InChI is InChI=1S/C18H18F3N3O3/c1-3-26-17(25)9-12(2)23-16-5-4-8-24(16)14-7-6-13(11-22)10-15(14)27-18(19,20)21/h6-7,9-10H,3-5,8H2,1-2H3/b12-9+,23-16?. The van der Waals surface area contributed by atoms with E-state index in [1.165, 1.54) is 18.2 Å². The van der Waals surface area contributed by atoms with Crippen LogP contribution in [-0.2, 0) is 9.53 Å². The van der Waals surface area contributed by atoms with Crippen LogP contribution in [0.1, 0.15) is 32.3 Å². The third-order valence-electron chi connectivity index (χ3n) is 3.62. The van der Waals surface area contributed by atoms with Gasteiger partial charge in [0.25, 0.3) is 0 Å². The number of allylic oxidation sites excluding steroid dienone is 1. The Labute approximate surface area is 154 Å². The second kappa shape index (κ2) is 8.58. The van der Waals surface area contributed by atoms with Gasteiger partial charge >= 0.3 is 12.3 Å². The van der Waals surface area contributed by atoms with E-state index in [-0.39, 0.29) is 17.9 Å². The SMILES string of the molecule is CCOC(=O)/C=C(\C)N=C1CCCN1c1ccc(C#N)cc1OC(F)(F)F. The fourth-order valence-corrected chi connectivity index (χ4v) is 2.64. The zero-order valence-electron chi connectivity index (χ0n) is 14.8. The lowest BCUT2D eigenvalue weighted by atomic mass is 10.2. The molecule has 0 atom stereocenters. The highest BCUT2D eigenvalue weighted by molar-refractivity contribution is 6.01. The summed E-state index contributed by atoms with van der Waals surface area (Å²) in [6.07, 6.45) is -2.46. The van der Waals surface area contributed by atoms with Crippen molar-refractivity contribution >= 4 is 17.5 Å². The number of carbonyl (C=O) groups excluding carboxylic acids is 1. The molecule has 6 nitrogen and oxygen atoms in total. The molecule has 0 bridgehead atoms. The van der Waals surface area contributed by atoms with E-state index < -0.39 is 18.1 Å². The third-order valence-corrected chi connectivity index (χ3v) is 3.62. The number of nitriles is 1. The smallest absolute Gasteiger partial charge is 0.463 e. The first-order valence-electron chi connectivity index (χ1n) is 8.23. The number of carbonyl (C=O) groups is 1. The number of nitrogens with zero attached hydrogens (tertiary/aromatic N) is 3. The molecule has 2 rings (SSSR count). The Morgan fingerprint density at radius 1 is 1.44 bits per heavy atom. The van der Waals surface area contributed by atoms with Crippen molar-refractivity contribution < 1.29 is 27.4 Å². The van der Waals surface area contributed by atoms with Crippen LogP contribution in [0.5, 0.6) is 5.75 Å². The van der Waals surface area contributed by atoms with E-state index in [9.17, 15) is 18.0 Å². The highest BCUT2D eigenvalue weighted by Gasteiger charge is 2.34. The van der Waals surface area contributed by atoms with Crippen LogP contribution in [-0.4, -0.2) is 31.3 Å². The fraction of sp³-hybridized carbons (Fsp3) is 0.389. The molecule has 9 heteroatoms. The lowest BCUT2D eigenvalue weighted by Gasteiger charge is -2.23. The van der Waals surface area contributed by atoms with E-state index >= 15 is 0 Å². The van der Waals surface area contributed by atoms with Gasteiger partial charge < -0.3 is 14.4 Å². The summed E-state index contributed by atoms with van der Waals surface area (Å²) >= 11 is 0. The molecule has 1 aliphatic rings. The minimum atomic E-state index is -4.89. The van der Waals surface area contributed by atoms with Gasteiger partial charge in [-0.3, -0.25) is 0 Å². The highest BCUT2D eigenvalue weighted by Crippen LogP contribution is 2.36. The number of benzene rings is 1. The molecule has 0 radical (unpaired) electrons. The molecular formula is C18H18F3N3O3. The molecule has 1 aromatic carbocycles. The summed E-state index contributed by atoms with van der Waals surface area (Å²) in [4.78, 5) is 17.4. The highest BCUT2D eigenvalue weighted by atomic mass is 19.4. The fourth-order valence-electron chi connectivity index (χ4n) is 2.64. The molecule has 0 N–H and O–H groups in total. The second-order valence-corrected chi connectivity index (χ2v) is 5.66. The first kappa shape index (κ1) is 20.3. The number of aliphatic imine (C=N–C) groups is 1. The van der Waals surface area contributed by atoms with Gasteiger partial charge in [-0.1, -0.05) is 0 Å². The topological polar surface area (TPSA) is 74.9 Å². The maximum atomic E-state index is 12.8. The average molecular weight is 381 g/mol. The normalized spacial score (nSPS) is 16.4. The van der Waals surface area contributed by atoms with Gasteiger partial charge in [-0.2, -0.15) is 5.26 Å². The van der Waals surface area contributed by atoms with Crippen LogP contribution in [0.2, 0.25) is 0 Å². The summed E-state index contributed by atoms with van der Waals surface area (Å²) in [6, 6.07) is 5.64. The number of hydrogen-bond donors (Lipinski definition) is 0. The monoisotopic (exact) mass is 381 g/mol. The van der Waals surface area contributed by atoms with Crippen LogP contribution in [0.3, 0.4) is 0 Å². The number of rotatable bonds is 5. The molecule has 0 unspecified atom stereocenters. The van der Waals surface area contributed by atoms with Gasteiger partial charge in [0.1, 0.15) is 5.84 Å². The molecule has 1 saturated heterocycles. The minimum absolute atomic E-state index is 0.0501. The van der Waals surface area contributed by atoms with E-state index in [2.05, 4.69) is 9.73 Å². The van der Waals surface area contributed by atoms with Crippen LogP contribution in [0.4, 0.5) is 18.9 Å². The Morgan fingerprint density at radius 2 is 2.19 bits per heavy atom. The van der Waals surface area contributed by atoms with E-state index in [0.717, 1.165) is 6.07 Å². The van der Waals surface area contributed by atoms with Gasteiger partial charge in [0, 0.05) is 30.8 Å². The van der Waals surface area contributed by atoms with Gasteiger partial charge in [0.2, 0.25) is 0 Å². The molecule has 144 valence electrons.